The maximum absolute atomic E-state index is 13.5. The summed E-state index contributed by atoms with van der Waals surface area (Å²) in [5.74, 6) is -0.210. The summed E-state index contributed by atoms with van der Waals surface area (Å²) in [6, 6.07) is 5.30. The van der Waals surface area contributed by atoms with E-state index in [2.05, 4.69) is 39.7 Å². The van der Waals surface area contributed by atoms with Crippen molar-refractivity contribution >= 4 is 15.9 Å². The van der Waals surface area contributed by atoms with Gasteiger partial charge in [-0.3, -0.25) is 4.90 Å². The van der Waals surface area contributed by atoms with Crippen LogP contribution in [0.4, 0.5) is 4.39 Å². The Morgan fingerprint density at radius 2 is 2.21 bits per heavy atom. The van der Waals surface area contributed by atoms with Crippen molar-refractivity contribution in [2.75, 3.05) is 33.2 Å². The van der Waals surface area contributed by atoms with Crippen LogP contribution in [0, 0.1) is 5.82 Å². The van der Waals surface area contributed by atoms with E-state index in [1.807, 2.05) is 0 Å². The van der Waals surface area contributed by atoms with Crippen molar-refractivity contribution in [2.45, 2.75) is 19.0 Å². The third-order valence-corrected chi connectivity index (χ3v) is 4.54. The molecule has 0 bridgehead atoms. The van der Waals surface area contributed by atoms with Gasteiger partial charge in [0, 0.05) is 42.7 Å². The molecule has 1 aromatic carbocycles. The van der Waals surface area contributed by atoms with Crippen molar-refractivity contribution in [1.82, 2.24) is 9.80 Å². The van der Waals surface area contributed by atoms with Crippen molar-refractivity contribution in [3.05, 3.63) is 34.1 Å². The molecule has 1 saturated heterocycles. The molecule has 1 aliphatic heterocycles. The summed E-state index contributed by atoms with van der Waals surface area (Å²) < 4.78 is 14.4. The first-order valence-corrected chi connectivity index (χ1v) is 7.41. The van der Waals surface area contributed by atoms with Crippen molar-refractivity contribution < 1.29 is 4.39 Å². The normalized spacial score (nSPS) is 23.5. The van der Waals surface area contributed by atoms with Crippen LogP contribution >= 0.6 is 15.9 Å². The molecule has 2 N–H and O–H groups in total. The summed E-state index contributed by atoms with van der Waals surface area (Å²) in [4.78, 5) is 4.69. The Balaban J connectivity index is 2.26. The Hall–Kier alpha value is -0.490. The Kier molecular flexibility index (Phi) is 4.95. The summed E-state index contributed by atoms with van der Waals surface area (Å²) in [7, 11) is 2.13. The Morgan fingerprint density at radius 1 is 1.47 bits per heavy atom. The lowest BCUT2D eigenvalue weighted by Gasteiger charge is -2.43. The molecule has 1 aliphatic rings. The molecule has 0 saturated carbocycles. The fourth-order valence-electron chi connectivity index (χ4n) is 2.83. The Morgan fingerprint density at radius 3 is 2.84 bits per heavy atom. The van der Waals surface area contributed by atoms with Crippen molar-refractivity contribution in [3.63, 3.8) is 0 Å². The van der Waals surface area contributed by atoms with E-state index in [0.717, 1.165) is 29.7 Å². The maximum atomic E-state index is 13.5. The average molecular weight is 330 g/mol. The molecule has 3 nitrogen and oxygen atoms in total. The molecule has 2 atom stereocenters. The molecule has 1 aromatic rings. The zero-order valence-electron chi connectivity index (χ0n) is 11.4. The van der Waals surface area contributed by atoms with Gasteiger partial charge in [-0.25, -0.2) is 4.39 Å². The zero-order valence-corrected chi connectivity index (χ0v) is 13.0. The number of hydrogen-bond acceptors (Lipinski definition) is 3. The van der Waals surface area contributed by atoms with Gasteiger partial charge in [-0.1, -0.05) is 15.9 Å². The van der Waals surface area contributed by atoms with Gasteiger partial charge in [0.1, 0.15) is 5.82 Å². The highest BCUT2D eigenvalue weighted by Gasteiger charge is 2.29. The number of likely N-dealkylation sites (N-methyl/N-ethyl adjacent to an activating group) is 1. The summed E-state index contributed by atoms with van der Waals surface area (Å²) in [6.07, 6.45) is 0. The van der Waals surface area contributed by atoms with Crippen LogP contribution in [0.2, 0.25) is 0 Å². The summed E-state index contributed by atoms with van der Waals surface area (Å²) in [6.45, 7) is 5.70. The molecule has 1 fully saturated rings. The smallest absolute Gasteiger partial charge is 0.123 e. The first-order chi connectivity index (χ1) is 9.02. The van der Waals surface area contributed by atoms with Crippen molar-refractivity contribution in [2.24, 2.45) is 5.73 Å². The molecule has 0 spiro atoms. The van der Waals surface area contributed by atoms with E-state index in [-0.39, 0.29) is 11.9 Å². The lowest BCUT2D eigenvalue weighted by molar-refractivity contribution is 0.0632. The minimum absolute atomic E-state index is 0.0637. The van der Waals surface area contributed by atoms with Gasteiger partial charge in [0.05, 0.1) is 0 Å². The van der Waals surface area contributed by atoms with E-state index in [1.54, 1.807) is 12.1 Å². The number of nitrogens with two attached hydrogens (primary N) is 1. The molecule has 1 heterocycles. The standard InChI is InChI=1S/C14H21BrFN3/c1-10-9-18(2)5-6-19(10)14(8-17)12-7-11(16)3-4-13(12)15/h3-4,7,10,14H,5-6,8-9,17H2,1-2H3. The fourth-order valence-corrected chi connectivity index (χ4v) is 3.34. The van der Waals surface area contributed by atoms with Crippen LogP contribution in [0.3, 0.4) is 0 Å². The van der Waals surface area contributed by atoms with E-state index in [4.69, 9.17) is 5.73 Å². The van der Waals surface area contributed by atoms with Crippen LogP contribution in [0.5, 0.6) is 0 Å². The van der Waals surface area contributed by atoms with Crippen LogP contribution in [-0.4, -0.2) is 49.1 Å². The Bertz CT molecular complexity index is 441. The maximum Gasteiger partial charge on any atom is 0.123 e. The topological polar surface area (TPSA) is 32.5 Å². The lowest BCUT2D eigenvalue weighted by Crippen LogP contribution is -2.52. The molecule has 5 heteroatoms. The van der Waals surface area contributed by atoms with Crippen molar-refractivity contribution in [1.29, 1.82) is 0 Å². The van der Waals surface area contributed by atoms with Crippen molar-refractivity contribution in [3.8, 4) is 0 Å². The highest BCUT2D eigenvalue weighted by atomic mass is 79.9. The van der Waals surface area contributed by atoms with E-state index < -0.39 is 0 Å². The fraction of sp³-hybridized carbons (Fsp3) is 0.571. The number of hydrogen-bond donors (Lipinski definition) is 1. The lowest BCUT2D eigenvalue weighted by atomic mass is 10.0. The van der Waals surface area contributed by atoms with Crippen LogP contribution in [-0.2, 0) is 0 Å². The highest BCUT2D eigenvalue weighted by molar-refractivity contribution is 9.10. The second-order valence-corrected chi connectivity index (χ2v) is 6.12. The minimum Gasteiger partial charge on any atom is -0.329 e. The SMILES string of the molecule is CC1CN(C)CCN1C(CN)c1cc(F)ccc1Br. The van der Waals surface area contributed by atoms with Crippen LogP contribution < -0.4 is 5.73 Å². The van der Waals surface area contributed by atoms with Gasteiger partial charge in [-0.15, -0.1) is 0 Å². The third kappa shape index (κ3) is 3.34. The van der Waals surface area contributed by atoms with E-state index >= 15 is 0 Å². The van der Waals surface area contributed by atoms with Crippen LogP contribution in [0.15, 0.2) is 22.7 Å². The molecular formula is C14H21BrFN3. The van der Waals surface area contributed by atoms with Gasteiger partial charge in [0.25, 0.3) is 0 Å². The average Bonchev–Trinajstić information content (AvgIpc) is 2.36. The second kappa shape index (κ2) is 6.31. The molecule has 2 rings (SSSR count). The van der Waals surface area contributed by atoms with Crippen LogP contribution in [0.1, 0.15) is 18.5 Å². The molecule has 0 aliphatic carbocycles. The van der Waals surface area contributed by atoms with E-state index in [0.29, 0.717) is 12.6 Å². The minimum atomic E-state index is -0.210. The zero-order chi connectivity index (χ0) is 14.0. The third-order valence-electron chi connectivity index (χ3n) is 3.82. The van der Waals surface area contributed by atoms with Gasteiger partial charge >= 0.3 is 0 Å². The molecule has 19 heavy (non-hydrogen) atoms. The van der Waals surface area contributed by atoms with Crippen LogP contribution in [0.25, 0.3) is 0 Å². The Labute approximate surface area is 122 Å². The van der Waals surface area contributed by atoms with Gasteiger partial charge in [0.15, 0.2) is 0 Å². The quantitative estimate of drug-likeness (QED) is 0.922. The molecule has 0 amide bonds. The van der Waals surface area contributed by atoms with Gasteiger partial charge in [0.2, 0.25) is 0 Å². The van der Waals surface area contributed by atoms with Gasteiger partial charge < -0.3 is 10.6 Å². The summed E-state index contributed by atoms with van der Waals surface area (Å²) >= 11 is 3.51. The first-order valence-electron chi connectivity index (χ1n) is 6.62. The molecule has 0 aromatic heterocycles. The summed E-state index contributed by atoms with van der Waals surface area (Å²) in [5.41, 5.74) is 6.90. The predicted molar refractivity (Wildman–Crippen MR) is 79.6 cm³/mol. The summed E-state index contributed by atoms with van der Waals surface area (Å²) in [5, 5.41) is 0. The van der Waals surface area contributed by atoms with Gasteiger partial charge in [-0.2, -0.15) is 0 Å². The number of nitrogens with zero attached hydrogens (tertiary/aromatic N) is 2. The number of piperazine rings is 1. The molecule has 106 valence electrons. The van der Waals surface area contributed by atoms with E-state index in [9.17, 15) is 4.39 Å². The second-order valence-electron chi connectivity index (χ2n) is 5.27. The number of benzene rings is 1. The highest BCUT2D eigenvalue weighted by Crippen LogP contribution is 2.30. The predicted octanol–water partition coefficient (Wildman–Crippen LogP) is 2.22. The molecule has 2 unspecified atom stereocenters. The van der Waals surface area contributed by atoms with Gasteiger partial charge in [-0.05, 0) is 37.7 Å². The first kappa shape index (κ1) is 14.9. The number of halogens is 2. The largest absolute Gasteiger partial charge is 0.329 e. The number of rotatable bonds is 3. The molecular weight excluding hydrogens is 309 g/mol. The van der Waals surface area contributed by atoms with E-state index in [1.165, 1.54) is 6.07 Å². The molecule has 0 radical (unpaired) electrons. The monoisotopic (exact) mass is 329 g/mol.